The molecule has 0 spiro atoms. The van der Waals surface area contributed by atoms with Gasteiger partial charge in [0.15, 0.2) is 5.78 Å². The van der Waals surface area contributed by atoms with Crippen molar-refractivity contribution in [1.82, 2.24) is 0 Å². The molecule has 4 nitrogen and oxygen atoms in total. The highest BCUT2D eigenvalue weighted by molar-refractivity contribution is 6.12. The lowest BCUT2D eigenvalue weighted by atomic mass is 9.99. The average Bonchev–Trinajstić information content (AvgIpc) is 2.56. The maximum Gasteiger partial charge on any atom is 0.309 e. The monoisotopic (exact) mass is 295 g/mol. The van der Waals surface area contributed by atoms with Crippen molar-refractivity contribution in [3.63, 3.8) is 0 Å². The number of carbonyl (C=O) groups excluding carboxylic acids is 2. The number of esters is 1. The molecule has 0 heterocycles. The molecule has 0 aromatic heterocycles. The number of hydrogen-bond donors (Lipinski definition) is 1. The molecule has 4 heteroatoms. The Kier molecular flexibility index (Phi) is 5.09. The van der Waals surface area contributed by atoms with Gasteiger partial charge in [-0.3, -0.25) is 9.59 Å². The maximum atomic E-state index is 12.5. The molecular weight excluding hydrogens is 278 g/mol. The van der Waals surface area contributed by atoms with Crippen LogP contribution in [0.15, 0.2) is 54.6 Å². The van der Waals surface area contributed by atoms with Crippen LogP contribution in [0.1, 0.15) is 27.9 Å². The van der Waals surface area contributed by atoms with Crippen LogP contribution in [0.2, 0.25) is 0 Å². The number of methoxy groups -OCH3 is 1. The molecule has 2 rings (SSSR count). The molecule has 2 N–H and O–H groups in total. The first-order chi connectivity index (χ1) is 10.6. The van der Waals surface area contributed by atoms with E-state index in [1.807, 2.05) is 18.2 Å². The lowest BCUT2D eigenvalue weighted by molar-refractivity contribution is -0.139. The Morgan fingerprint density at radius 2 is 1.86 bits per heavy atom. The molecule has 0 aliphatic heterocycles. The molecule has 0 unspecified atom stereocenters. The molecule has 2 aromatic carbocycles. The lowest BCUT2D eigenvalue weighted by Crippen LogP contribution is -2.05. The Morgan fingerprint density at radius 3 is 2.55 bits per heavy atom. The molecule has 2 aromatic rings. The first-order valence-electron chi connectivity index (χ1n) is 6.84. The summed E-state index contributed by atoms with van der Waals surface area (Å²) < 4.78 is 4.56. The zero-order valence-electron chi connectivity index (χ0n) is 12.3. The lowest BCUT2D eigenvalue weighted by Gasteiger charge is -2.06. The highest BCUT2D eigenvalue weighted by Crippen LogP contribution is 2.19. The van der Waals surface area contributed by atoms with Gasteiger partial charge in [-0.15, -0.1) is 0 Å². The third kappa shape index (κ3) is 3.82. The maximum absolute atomic E-state index is 12.5. The number of ether oxygens (including phenoxy) is 1. The minimum absolute atomic E-state index is 0.124. The summed E-state index contributed by atoms with van der Waals surface area (Å²) in [6, 6.07) is 14.2. The number of nitrogens with two attached hydrogens (primary N) is 1. The summed E-state index contributed by atoms with van der Waals surface area (Å²) in [5, 5.41) is 0. The van der Waals surface area contributed by atoms with Crippen LogP contribution >= 0.6 is 0 Å². The Balaban J connectivity index is 2.24. The first kappa shape index (κ1) is 15.5. The Labute approximate surface area is 129 Å². The van der Waals surface area contributed by atoms with Gasteiger partial charge in [-0.2, -0.15) is 0 Å². The second kappa shape index (κ2) is 7.22. The van der Waals surface area contributed by atoms with Crippen molar-refractivity contribution in [2.24, 2.45) is 0 Å². The second-order valence-corrected chi connectivity index (χ2v) is 4.72. The Hall–Kier alpha value is -2.88. The van der Waals surface area contributed by atoms with Gasteiger partial charge in [0.05, 0.1) is 13.5 Å². The van der Waals surface area contributed by atoms with Crippen LogP contribution in [0, 0.1) is 0 Å². The molecule has 0 amide bonds. The summed E-state index contributed by atoms with van der Waals surface area (Å²) >= 11 is 0. The van der Waals surface area contributed by atoms with Gasteiger partial charge >= 0.3 is 5.97 Å². The van der Waals surface area contributed by atoms with Crippen molar-refractivity contribution in [3.8, 4) is 0 Å². The molecule has 22 heavy (non-hydrogen) atoms. The van der Waals surface area contributed by atoms with Crippen LogP contribution in [-0.4, -0.2) is 18.9 Å². The fraction of sp³-hybridized carbons (Fsp3) is 0.111. The van der Waals surface area contributed by atoms with Crippen molar-refractivity contribution in [1.29, 1.82) is 0 Å². The van der Waals surface area contributed by atoms with Crippen molar-refractivity contribution in [2.45, 2.75) is 6.42 Å². The first-order valence-corrected chi connectivity index (χ1v) is 6.84. The number of anilines is 1. The van der Waals surface area contributed by atoms with Gasteiger partial charge in [0, 0.05) is 16.8 Å². The van der Waals surface area contributed by atoms with E-state index in [1.54, 1.807) is 42.5 Å². The Morgan fingerprint density at radius 1 is 1.14 bits per heavy atom. The quantitative estimate of drug-likeness (QED) is 0.523. The third-order valence-electron chi connectivity index (χ3n) is 3.18. The standard InChI is InChI=1S/C18H17NO3/c1-22-17(20)9-5-6-13-10-11-16(19)15(12-13)18(21)14-7-3-2-4-8-14/h2-8,10-12H,9,19H2,1H3. The van der Waals surface area contributed by atoms with E-state index >= 15 is 0 Å². The molecule has 0 bridgehead atoms. The minimum atomic E-state index is -0.313. The van der Waals surface area contributed by atoms with Gasteiger partial charge in [-0.05, 0) is 17.7 Å². The van der Waals surface area contributed by atoms with Crippen LogP contribution in [0.5, 0.6) is 0 Å². The molecule has 0 aliphatic rings. The van der Waals surface area contributed by atoms with E-state index in [0.717, 1.165) is 5.56 Å². The summed E-state index contributed by atoms with van der Waals surface area (Å²) in [7, 11) is 1.34. The van der Waals surface area contributed by atoms with Crippen molar-refractivity contribution in [2.75, 3.05) is 12.8 Å². The molecule has 0 atom stereocenters. The van der Waals surface area contributed by atoms with Gasteiger partial charge in [-0.1, -0.05) is 48.6 Å². The normalized spacial score (nSPS) is 10.6. The molecule has 0 aliphatic carbocycles. The van der Waals surface area contributed by atoms with E-state index in [2.05, 4.69) is 4.74 Å². The topological polar surface area (TPSA) is 69.4 Å². The van der Waals surface area contributed by atoms with E-state index < -0.39 is 0 Å². The van der Waals surface area contributed by atoms with E-state index in [0.29, 0.717) is 16.8 Å². The van der Waals surface area contributed by atoms with E-state index in [4.69, 9.17) is 5.73 Å². The molecule has 0 saturated heterocycles. The molecule has 0 fully saturated rings. The summed E-state index contributed by atoms with van der Waals surface area (Å²) in [4.78, 5) is 23.5. The largest absolute Gasteiger partial charge is 0.469 e. The van der Waals surface area contributed by atoms with Gasteiger partial charge in [-0.25, -0.2) is 0 Å². The van der Waals surface area contributed by atoms with Gasteiger partial charge in [0.1, 0.15) is 0 Å². The van der Waals surface area contributed by atoms with Crippen molar-refractivity contribution in [3.05, 3.63) is 71.3 Å². The van der Waals surface area contributed by atoms with Gasteiger partial charge < -0.3 is 10.5 Å². The van der Waals surface area contributed by atoms with Gasteiger partial charge in [0.2, 0.25) is 0 Å². The number of carbonyl (C=O) groups is 2. The predicted octanol–water partition coefficient (Wildman–Crippen LogP) is 3.08. The summed E-state index contributed by atoms with van der Waals surface area (Å²) in [5.74, 6) is -0.436. The third-order valence-corrected chi connectivity index (χ3v) is 3.18. The number of hydrogen-bond acceptors (Lipinski definition) is 4. The second-order valence-electron chi connectivity index (χ2n) is 4.72. The van der Waals surface area contributed by atoms with Crippen LogP contribution in [0.3, 0.4) is 0 Å². The average molecular weight is 295 g/mol. The number of nitrogen functional groups attached to an aromatic ring is 1. The fourth-order valence-corrected chi connectivity index (χ4v) is 1.99. The summed E-state index contributed by atoms with van der Waals surface area (Å²) in [6.07, 6.45) is 3.63. The number of ketones is 1. The van der Waals surface area contributed by atoms with E-state index in [9.17, 15) is 9.59 Å². The van der Waals surface area contributed by atoms with Crippen LogP contribution in [0.4, 0.5) is 5.69 Å². The molecular formula is C18H17NO3. The van der Waals surface area contributed by atoms with E-state index in [1.165, 1.54) is 7.11 Å². The predicted molar refractivity (Wildman–Crippen MR) is 86.4 cm³/mol. The zero-order chi connectivity index (χ0) is 15.9. The highest BCUT2D eigenvalue weighted by atomic mass is 16.5. The van der Waals surface area contributed by atoms with Crippen molar-refractivity contribution < 1.29 is 14.3 Å². The fourth-order valence-electron chi connectivity index (χ4n) is 1.99. The van der Waals surface area contributed by atoms with Crippen LogP contribution < -0.4 is 5.73 Å². The number of rotatable bonds is 5. The smallest absolute Gasteiger partial charge is 0.309 e. The van der Waals surface area contributed by atoms with Crippen LogP contribution in [0.25, 0.3) is 6.08 Å². The van der Waals surface area contributed by atoms with Crippen LogP contribution in [-0.2, 0) is 9.53 Å². The zero-order valence-corrected chi connectivity index (χ0v) is 12.3. The molecule has 0 saturated carbocycles. The van der Waals surface area contributed by atoms with E-state index in [-0.39, 0.29) is 18.2 Å². The summed E-state index contributed by atoms with van der Waals surface area (Å²) in [5.41, 5.74) is 8.18. The molecule has 112 valence electrons. The van der Waals surface area contributed by atoms with Crippen molar-refractivity contribution >= 4 is 23.5 Å². The van der Waals surface area contributed by atoms with Gasteiger partial charge in [0.25, 0.3) is 0 Å². The summed E-state index contributed by atoms with van der Waals surface area (Å²) in [6.45, 7) is 0. The Bertz CT molecular complexity index is 706. The highest BCUT2D eigenvalue weighted by Gasteiger charge is 2.12. The molecule has 0 radical (unpaired) electrons. The minimum Gasteiger partial charge on any atom is -0.469 e. The number of benzene rings is 2. The SMILES string of the molecule is COC(=O)CC=Cc1ccc(N)c(C(=O)c2ccccc2)c1.